The number of hydrogen-bond acceptors (Lipinski definition) is 4. The van der Waals surface area contributed by atoms with Gasteiger partial charge in [0.25, 0.3) is 0 Å². The Labute approximate surface area is 186 Å². The van der Waals surface area contributed by atoms with E-state index in [1.54, 1.807) is 18.2 Å². The number of anilines is 4. The highest BCUT2D eigenvalue weighted by Gasteiger charge is 2.16. The normalized spacial score (nSPS) is 12.7. The highest BCUT2D eigenvalue weighted by Crippen LogP contribution is 2.39. The number of carbonyl (C=O) groups is 1. The van der Waals surface area contributed by atoms with Gasteiger partial charge in [-0.15, -0.1) is 0 Å². The third-order valence-electron chi connectivity index (χ3n) is 5.59. The van der Waals surface area contributed by atoms with Crippen molar-refractivity contribution in [3.8, 4) is 5.75 Å². The van der Waals surface area contributed by atoms with E-state index >= 15 is 0 Å². The van der Waals surface area contributed by atoms with Crippen molar-refractivity contribution in [1.29, 1.82) is 0 Å². The van der Waals surface area contributed by atoms with Crippen LogP contribution in [-0.2, 0) is 11.2 Å². The number of carbonyl (C=O) groups excluding carboxylic acids is 1. The maximum atomic E-state index is 12.4. The molecule has 1 amide bonds. The maximum absolute atomic E-state index is 12.4. The summed E-state index contributed by atoms with van der Waals surface area (Å²) in [4.78, 5) is 14.6. The number of aromatic hydroxyl groups is 1. The fraction of sp³-hybridized carbons (Fsp3) is 0.0741. The van der Waals surface area contributed by atoms with Gasteiger partial charge in [0, 0.05) is 35.1 Å². The number of rotatable bonds is 4. The number of fused-ring (bicyclic) bond motifs is 3. The molecule has 4 aromatic carbocycles. The molecule has 5 rings (SSSR count). The summed E-state index contributed by atoms with van der Waals surface area (Å²) < 4.78 is 0. The smallest absolute Gasteiger partial charge is 0.228 e. The number of hydrogen-bond donors (Lipinski definition) is 3. The average molecular weight is 422 g/mol. The fourth-order valence-corrected chi connectivity index (χ4v) is 4.01. The molecule has 0 bridgehead atoms. The summed E-state index contributed by atoms with van der Waals surface area (Å²) in [5.74, 6) is -0.0410. The molecule has 0 saturated carbocycles. The van der Waals surface area contributed by atoms with Crippen LogP contribution in [0.4, 0.5) is 22.7 Å². The Kier molecular flexibility index (Phi) is 5.22. The molecule has 0 atom stereocenters. The van der Waals surface area contributed by atoms with Crippen LogP contribution >= 0.6 is 0 Å². The zero-order valence-electron chi connectivity index (χ0n) is 17.5. The molecule has 4 aromatic rings. The van der Waals surface area contributed by atoms with E-state index in [4.69, 9.17) is 0 Å². The van der Waals surface area contributed by atoms with Gasteiger partial charge in [0.2, 0.25) is 5.91 Å². The first-order chi connectivity index (χ1) is 15.7. The van der Waals surface area contributed by atoms with Crippen molar-refractivity contribution in [3.63, 3.8) is 0 Å². The van der Waals surface area contributed by atoms with Crippen molar-refractivity contribution in [1.82, 2.24) is 0 Å². The summed E-state index contributed by atoms with van der Waals surface area (Å²) in [5.41, 5.74) is 4.50. The quantitative estimate of drug-likeness (QED) is 0.389. The lowest BCUT2D eigenvalue weighted by molar-refractivity contribution is -0.115. The van der Waals surface area contributed by atoms with Crippen LogP contribution in [0.3, 0.4) is 0 Å². The first-order valence-electron chi connectivity index (χ1n) is 10.6. The molecule has 0 unspecified atom stereocenters. The van der Waals surface area contributed by atoms with Gasteiger partial charge in [-0.05, 0) is 47.9 Å². The van der Waals surface area contributed by atoms with Crippen LogP contribution in [0.5, 0.6) is 5.75 Å². The zero-order chi connectivity index (χ0) is 21.9. The molecule has 0 aliphatic carbocycles. The molecule has 3 N–H and O–H groups in total. The van der Waals surface area contributed by atoms with Gasteiger partial charge in [-0.2, -0.15) is 0 Å². The predicted octanol–water partition coefficient (Wildman–Crippen LogP) is 5.80. The molecule has 1 aliphatic rings. The fourth-order valence-electron chi connectivity index (χ4n) is 4.01. The van der Waals surface area contributed by atoms with E-state index in [2.05, 4.69) is 58.1 Å². The minimum absolute atomic E-state index is 0.120. The van der Waals surface area contributed by atoms with Gasteiger partial charge in [0.1, 0.15) is 5.75 Å². The number of amides is 1. The van der Waals surface area contributed by atoms with Crippen molar-refractivity contribution >= 4 is 39.4 Å². The van der Waals surface area contributed by atoms with Crippen molar-refractivity contribution in [2.75, 3.05) is 22.1 Å². The van der Waals surface area contributed by atoms with Gasteiger partial charge >= 0.3 is 0 Å². The van der Waals surface area contributed by atoms with E-state index in [-0.39, 0.29) is 18.1 Å². The Morgan fingerprint density at radius 2 is 1.72 bits per heavy atom. The molecule has 1 heterocycles. The lowest BCUT2D eigenvalue weighted by atomic mass is 10.1. The monoisotopic (exact) mass is 421 g/mol. The first kappa shape index (κ1) is 19.7. The second kappa shape index (κ2) is 8.47. The van der Waals surface area contributed by atoms with Crippen LogP contribution in [0.25, 0.3) is 10.8 Å². The van der Waals surface area contributed by atoms with Crippen molar-refractivity contribution in [3.05, 3.63) is 103 Å². The van der Waals surface area contributed by atoms with Crippen molar-refractivity contribution in [2.45, 2.75) is 6.42 Å². The van der Waals surface area contributed by atoms with Crippen LogP contribution in [0, 0.1) is 0 Å². The third kappa shape index (κ3) is 3.88. The SMILES string of the molecule is O=C(Cc1ccccc1O)Nc1ccc(N2C=CCNc3c2ccc2ccccc32)cc1. The summed E-state index contributed by atoms with van der Waals surface area (Å²) >= 11 is 0. The molecule has 0 spiro atoms. The molecular formula is C27H23N3O2. The predicted molar refractivity (Wildman–Crippen MR) is 131 cm³/mol. The second-order valence-corrected chi connectivity index (χ2v) is 7.72. The van der Waals surface area contributed by atoms with Gasteiger partial charge in [-0.25, -0.2) is 0 Å². The number of para-hydroxylation sites is 1. The van der Waals surface area contributed by atoms with Crippen LogP contribution in [0.15, 0.2) is 97.2 Å². The van der Waals surface area contributed by atoms with Gasteiger partial charge in [0.05, 0.1) is 17.8 Å². The highest BCUT2D eigenvalue weighted by molar-refractivity contribution is 6.02. The van der Waals surface area contributed by atoms with Crippen LogP contribution in [0.1, 0.15) is 5.56 Å². The number of phenolic OH excluding ortho intramolecular Hbond substituents is 1. The van der Waals surface area contributed by atoms with E-state index < -0.39 is 0 Å². The number of nitrogens with one attached hydrogen (secondary N) is 2. The highest BCUT2D eigenvalue weighted by atomic mass is 16.3. The van der Waals surface area contributed by atoms with E-state index in [9.17, 15) is 9.90 Å². The average Bonchev–Trinajstić information content (AvgIpc) is 3.04. The summed E-state index contributed by atoms with van der Waals surface area (Å²) in [5, 5.41) is 18.7. The molecule has 158 valence electrons. The van der Waals surface area contributed by atoms with E-state index in [0.29, 0.717) is 11.3 Å². The summed E-state index contributed by atoms with van der Waals surface area (Å²) in [7, 11) is 0. The standard InChI is InChI=1S/C27H23N3O2/c31-25-9-4-2-7-20(25)18-26(32)29-21-11-13-22(14-12-21)30-17-5-16-28-27-23-8-3-1-6-19(23)10-15-24(27)30/h1-15,17,28,31H,16,18H2,(H,29,32). The van der Waals surface area contributed by atoms with E-state index in [1.807, 2.05) is 36.4 Å². The third-order valence-corrected chi connectivity index (χ3v) is 5.59. The molecule has 0 radical (unpaired) electrons. The molecule has 32 heavy (non-hydrogen) atoms. The number of nitrogens with zero attached hydrogens (tertiary/aromatic N) is 1. The molecular weight excluding hydrogens is 398 g/mol. The first-order valence-corrected chi connectivity index (χ1v) is 10.6. The summed E-state index contributed by atoms with van der Waals surface area (Å²) in [6, 6.07) is 27.3. The molecule has 0 saturated heterocycles. The summed E-state index contributed by atoms with van der Waals surface area (Å²) in [6.45, 7) is 0.748. The maximum Gasteiger partial charge on any atom is 0.228 e. The Morgan fingerprint density at radius 3 is 2.56 bits per heavy atom. The van der Waals surface area contributed by atoms with Crippen LogP contribution in [-0.4, -0.2) is 17.6 Å². The van der Waals surface area contributed by atoms with E-state index in [0.717, 1.165) is 23.6 Å². The Balaban J connectivity index is 1.38. The molecule has 5 heteroatoms. The minimum Gasteiger partial charge on any atom is -0.508 e. The van der Waals surface area contributed by atoms with Gasteiger partial charge in [-0.3, -0.25) is 4.79 Å². The van der Waals surface area contributed by atoms with E-state index in [1.165, 1.54) is 10.8 Å². The lowest BCUT2D eigenvalue weighted by Gasteiger charge is -2.23. The van der Waals surface area contributed by atoms with Crippen LogP contribution in [0.2, 0.25) is 0 Å². The molecule has 0 aromatic heterocycles. The number of benzene rings is 4. The lowest BCUT2D eigenvalue weighted by Crippen LogP contribution is -2.14. The molecule has 1 aliphatic heterocycles. The number of phenols is 1. The Bertz CT molecular complexity index is 1310. The van der Waals surface area contributed by atoms with Gasteiger partial charge in [0.15, 0.2) is 0 Å². The second-order valence-electron chi connectivity index (χ2n) is 7.72. The van der Waals surface area contributed by atoms with Crippen LogP contribution < -0.4 is 15.5 Å². The Morgan fingerprint density at radius 1 is 0.938 bits per heavy atom. The Hall–Kier alpha value is -4.25. The molecule has 5 nitrogen and oxygen atoms in total. The van der Waals surface area contributed by atoms with Crippen molar-refractivity contribution < 1.29 is 9.90 Å². The van der Waals surface area contributed by atoms with Crippen molar-refractivity contribution in [2.24, 2.45) is 0 Å². The largest absolute Gasteiger partial charge is 0.508 e. The topological polar surface area (TPSA) is 64.6 Å². The minimum atomic E-state index is -0.171. The summed E-state index contributed by atoms with van der Waals surface area (Å²) in [6.07, 6.45) is 4.28. The molecule has 0 fully saturated rings. The van der Waals surface area contributed by atoms with Gasteiger partial charge < -0.3 is 20.6 Å². The zero-order valence-corrected chi connectivity index (χ0v) is 17.5. The van der Waals surface area contributed by atoms with Gasteiger partial charge in [-0.1, -0.05) is 48.5 Å².